The number of piperidine rings is 1. The van der Waals surface area contributed by atoms with Crippen LogP contribution < -0.4 is 15.0 Å². The molecule has 4 rings (SSSR count). The summed E-state index contributed by atoms with van der Waals surface area (Å²) in [5.74, 6) is 0.712. The van der Waals surface area contributed by atoms with Crippen molar-refractivity contribution in [2.24, 2.45) is 5.92 Å². The second-order valence-electron chi connectivity index (χ2n) is 8.07. The van der Waals surface area contributed by atoms with Crippen molar-refractivity contribution in [2.75, 3.05) is 31.1 Å². The van der Waals surface area contributed by atoms with Crippen LogP contribution in [0.2, 0.25) is 0 Å². The molecular formula is C25H25F3N4O2. The van der Waals surface area contributed by atoms with Gasteiger partial charge in [0.2, 0.25) is 5.91 Å². The summed E-state index contributed by atoms with van der Waals surface area (Å²) >= 11 is 0. The Morgan fingerprint density at radius 1 is 1.00 bits per heavy atom. The minimum atomic E-state index is -4.42. The molecule has 0 bridgehead atoms. The third-order valence-corrected chi connectivity index (χ3v) is 5.74. The van der Waals surface area contributed by atoms with Gasteiger partial charge in [-0.1, -0.05) is 36.4 Å². The quantitative estimate of drug-likeness (QED) is 0.513. The van der Waals surface area contributed by atoms with Crippen molar-refractivity contribution in [1.82, 2.24) is 15.5 Å². The fourth-order valence-electron chi connectivity index (χ4n) is 3.88. The van der Waals surface area contributed by atoms with Gasteiger partial charge in [0.15, 0.2) is 5.82 Å². The number of ether oxygens (including phenoxy) is 1. The lowest BCUT2D eigenvalue weighted by atomic mass is 9.96. The number of halogens is 3. The fourth-order valence-corrected chi connectivity index (χ4v) is 3.88. The van der Waals surface area contributed by atoms with E-state index in [9.17, 15) is 18.0 Å². The molecule has 1 N–H and O–H groups in total. The molecule has 9 heteroatoms. The Bertz CT molecular complexity index is 1080. The molecule has 0 unspecified atom stereocenters. The number of hydrogen-bond acceptors (Lipinski definition) is 5. The monoisotopic (exact) mass is 470 g/mol. The van der Waals surface area contributed by atoms with Gasteiger partial charge in [0, 0.05) is 24.6 Å². The molecule has 1 aliphatic heterocycles. The summed E-state index contributed by atoms with van der Waals surface area (Å²) in [5, 5.41) is 11.5. The van der Waals surface area contributed by atoms with Crippen LogP contribution in [0.4, 0.5) is 19.0 Å². The molecular weight excluding hydrogens is 445 g/mol. The van der Waals surface area contributed by atoms with Crippen molar-refractivity contribution in [2.45, 2.75) is 19.0 Å². The molecule has 0 spiro atoms. The molecule has 2 heterocycles. The van der Waals surface area contributed by atoms with Crippen LogP contribution in [0.5, 0.6) is 5.75 Å². The highest BCUT2D eigenvalue weighted by Gasteiger charge is 2.30. The third-order valence-electron chi connectivity index (χ3n) is 5.74. The van der Waals surface area contributed by atoms with E-state index in [1.165, 1.54) is 12.1 Å². The Kier molecular flexibility index (Phi) is 7.30. The lowest BCUT2D eigenvalue weighted by Gasteiger charge is -2.31. The van der Waals surface area contributed by atoms with Gasteiger partial charge in [-0.25, -0.2) is 0 Å². The molecule has 3 aromatic rings. The maximum Gasteiger partial charge on any atom is 0.416 e. The van der Waals surface area contributed by atoms with Crippen LogP contribution in [-0.4, -0.2) is 42.3 Å². The number of carbonyl (C=O) groups excluding carboxylic acids is 1. The van der Waals surface area contributed by atoms with Crippen LogP contribution in [0.1, 0.15) is 18.4 Å². The largest absolute Gasteiger partial charge is 0.492 e. The van der Waals surface area contributed by atoms with E-state index in [2.05, 4.69) is 20.4 Å². The average molecular weight is 470 g/mol. The molecule has 0 radical (unpaired) electrons. The third kappa shape index (κ3) is 6.03. The van der Waals surface area contributed by atoms with E-state index >= 15 is 0 Å². The highest BCUT2D eigenvalue weighted by atomic mass is 19.4. The van der Waals surface area contributed by atoms with E-state index in [0.29, 0.717) is 25.9 Å². The summed E-state index contributed by atoms with van der Waals surface area (Å²) < 4.78 is 43.7. The number of nitrogens with zero attached hydrogens (tertiary/aromatic N) is 3. The number of amides is 1. The van der Waals surface area contributed by atoms with Gasteiger partial charge in [-0.05, 0) is 43.2 Å². The van der Waals surface area contributed by atoms with Gasteiger partial charge in [0.05, 0.1) is 17.8 Å². The maximum atomic E-state index is 12.8. The van der Waals surface area contributed by atoms with Gasteiger partial charge in [0.25, 0.3) is 0 Å². The number of anilines is 1. The summed E-state index contributed by atoms with van der Waals surface area (Å²) in [6.45, 7) is 1.70. The highest BCUT2D eigenvalue weighted by molar-refractivity contribution is 5.79. The van der Waals surface area contributed by atoms with Crippen LogP contribution in [0.15, 0.2) is 66.7 Å². The maximum absolute atomic E-state index is 12.8. The summed E-state index contributed by atoms with van der Waals surface area (Å²) in [5.41, 5.74) is 1.06. The zero-order valence-corrected chi connectivity index (χ0v) is 18.5. The number of nitrogens with one attached hydrogen (secondary N) is 1. The highest BCUT2D eigenvalue weighted by Crippen LogP contribution is 2.31. The summed E-state index contributed by atoms with van der Waals surface area (Å²) in [6, 6.07) is 18.4. The zero-order chi connectivity index (χ0) is 24.0. The standard InChI is InChI=1S/C25H25F3N4O2/c26-25(27,28)20-7-4-8-21(17-20)34-16-13-29-24(33)19-11-14-32(15-12-19)23-10-9-22(30-31-23)18-5-2-1-3-6-18/h1-10,17,19H,11-16H2,(H,29,33). The zero-order valence-electron chi connectivity index (χ0n) is 18.5. The van der Waals surface area contributed by atoms with E-state index in [1.807, 2.05) is 42.5 Å². The van der Waals surface area contributed by atoms with Crippen molar-refractivity contribution < 1.29 is 22.7 Å². The van der Waals surface area contributed by atoms with E-state index in [1.54, 1.807) is 0 Å². The van der Waals surface area contributed by atoms with E-state index in [0.717, 1.165) is 29.2 Å². The van der Waals surface area contributed by atoms with Crippen molar-refractivity contribution >= 4 is 11.7 Å². The SMILES string of the molecule is O=C(NCCOc1cccc(C(F)(F)F)c1)C1CCN(c2ccc(-c3ccccc3)nn2)CC1. The molecule has 0 atom stereocenters. The molecule has 1 amide bonds. The van der Waals surface area contributed by atoms with Gasteiger partial charge in [-0.2, -0.15) is 13.2 Å². The Hall–Kier alpha value is -3.62. The van der Waals surface area contributed by atoms with Crippen LogP contribution in [0.3, 0.4) is 0 Å². The van der Waals surface area contributed by atoms with E-state index in [-0.39, 0.29) is 30.7 Å². The minimum Gasteiger partial charge on any atom is -0.492 e. The first kappa shape index (κ1) is 23.5. The Morgan fingerprint density at radius 2 is 1.76 bits per heavy atom. The van der Waals surface area contributed by atoms with Crippen LogP contribution in [0.25, 0.3) is 11.3 Å². The first-order valence-corrected chi connectivity index (χ1v) is 11.1. The minimum absolute atomic E-state index is 0.0715. The Labute approximate surface area is 195 Å². The predicted molar refractivity (Wildman–Crippen MR) is 122 cm³/mol. The number of rotatable bonds is 7. The van der Waals surface area contributed by atoms with Gasteiger partial charge in [0.1, 0.15) is 12.4 Å². The molecule has 1 saturated heterocycles. The summed E-state index contributed by atoms with van der Waals surface area (Å²) in [6.07, 6.45) is -3.05. The number of benzene rings is 2. The van der Waals surface area contributed by atoms with Gasteiger partial charge in [-0.3, -0.25) is 4.79 Å². The van der Waals surface area contributed by atoms with Crippen molar-refractivity contribution in [1.29, 1.82) is 0 Å². The van der Waals surface area contributed by atoms with Crippen LogP contribution >= 0.6 is 0 Å². The lowest BCUT2D eigenvalue weighted by molar-refractivity contribution is -0.137. The average Bonchev–Trinajstić information content (AvgIpc) is 2.87. The topological polar surface area (TPSA) is 67.3 Å². The normalized spacial score (nSPS) is 14.6. The Morgan fingerprint density at radius 3 is 2.44 bits per heavy atom. The first-order chi connectivity index (χ1) is 16.4. The van der Waals surface area contributed by atoms with E-state index < -0.39 is 11.7 Å². The van der Waals surface area contributed by atoms with Gasteiger partial charge >= 0.3 is 6.18 Å². The number of aromatic nitrogens is 2. The van der Waals surface area contributed by atoms with E-state index in [4.69, 9.17) is 4.74 Å². The molecule has 1 fully saturated rings. The second-order valence-corrected chi connectivity index (χ2v) is 8.07. The first-order valence-electron chi connectivity index (χ1n) is 11.1. The molecule has 0 aliphatic carbocycles. The van der Waals surface area contributed by atoms with Crippen molar-refractivity contribution in [3.8, 4) is 17.0 Å². The number of alkyl halides is 3. The fraction of sp³-hybridized carbons (Fsp3) is 0.320. The summed E-state index contributed by atoms with van der Waals surface area (Å²) in [4.78, 5) is 14.6. The van der Waals surface area contributed by atoms with Gasteiger partial charge in [-0.15, -0.1) is 10.2 Å². The number of carbonyl (C=O) groups is 1. The van der Waals surface area contributed by atoms with Crippen molar-refractivity contribution in [3.63, 3.8) is 0 Å². The second kappa shape index (κ2) is 10.5. The predicted octanol–water partition coefficient (Wildman–Crippen LogP) is 4.57. The molecule has 1 aliphatic rings. The molecule has 34 heavy (non-hydrogen) atoms. The Balaban J connectivity index is 1.20. The van der Waals surface area contributed by atoms with Crippen molar-refractivity contribution in [3.05, 3.63) is 72.3 Å². The van der Waals surface area contributed by atoms with Crippen LogP contribution in [-0.2, 0) is 11.0 Å². The van der Waals surface area contributed by atoms with Gasteiger partial charge < -0.3 is 15.0 Å². The molecule has 0 saturated carbocycles. The molecule has 178 valence electrons. The molecule has 1 aromatic heterocycles. The molecule has 2 aromatic carbocycles. The lowest BCUT2D eigenvalue weighted by Crippen LogP contribution is -2.41. The van der Waals surface area contributed by atoms with Crippen LogP contribution in [0, 0.1) is 5.92 Å². The number of hydrogen-bond donors (Lipinski definition) is 1. The summed E-state index contributed by atoms with van der Waals surface area (Å²) in [7, 11) is 0. The molecule has 6 nitrogen and oxygen atoms in total. The smallest absolute Gasteiger partial charge is 0.416 e.